The van der Waals surface area contributed by atoms with Gasteiger partial charge in [-0.3, -0.25) is 9.59 Å². The van der Waals surface area contributed by atoms with E-state index < -0.39 is 0 Å². The average Bonchev–Trinajstić information content (AvgIpc) is 2.84. The number of nitrogens with zero attached hydrogens (tertiary/aromatic N) is 2. The smallest absolute Gasteiger partial charge is 0.409 e. The Morgan fingerprint density at radius 1 is 0.909 bits per heavy atom. The molecule has 176 valence electrons. The fourth-order valence-electron chi connectivity index (χ4n) is 3.63. The highest BCUT2D eigenvalue weighted by Crippen LogP contribution is 2.28. The Hall–Kier alpha value is -3.75. The molecular weight excluding hydrogens is 426 g/mol. The Morgan fingerprint density at radius 3 is 2.24 bits per heavy atom. The maximum absolute atomic E-state index is 13.1. The van der Waals surface area contributed by atoms with Crippen molar-refractivity contribution in [1.29, 1.82) is 0 Å². The van der Waals surface area contributed by atoms with Crippen molar-refractivity contribution in [2.24, 2.45) is 0 Å². The zero-order chi connectivity index (χ0) is 23.8. The first-order valence-corrected chi connectivity index (χ1v) is 10.8. The summed E-state index contributed by atoms with van der Waals surface area (Å²) in [4.78, 5) is 41.0. The van der Waals surface area contributed by atoms with Crippen LogP contribution in [0.3, 0.4) is 0 Å². The lowest BCUT2D eigenvalue weighted by Gasteiger charge is -2.34. The van der Waals surface area contributed by atoms with Gasteiger partial charge in [-0.2, -0.15) is 0 Å². The van der Waals surface area contributed by atoms with Crippen LogP contribution in [-0.4, -0.2) is 74.7 Å². The molecule has 0 saturated carbocycles. The number of hydrogen-bond donors (Lipinski definition) is 1. The number of carbonyl (C=O) groups is 3. The lowest BCUT2D eigenvalue weighted by atomic mass is 10.1. The highest BCUT2D eigenvalue weighted by Gasteiger charge is 2.27. The van der Waals surface area contributed by atoms with Gasteiger partial charge in [0.05, 0.1) is 38.5 Å². The number of carbonyl (C=O) groups excluding carboxylic acids is 3. The van der Waals surface area contributed by atoms with Gasteiger partial charge in [0.2, 0.25) is 5.91 Å². The largest absolute Gasteiger partial charge is 0.493 e. The zero-order valence-corrected chi connectivity index (χ0v) is 19.1. The number of benzene rings is 2. The van der Waals surface area contributed by atoms with Crippen molar-refractivity contribution in [2.45, 2.75) is 13.3 Å². The van der Waals surface area contributed by atoms with Crippen molar-refractivity contribution in [2.75, 3.05) is 52.3 Å². The standard InChI is InChI=1S/C24H29N3O6/c1-4-33-24(30)27-13-11-26(12-14-27)23(29)18-7-5-6-8-19(18)25-22(28)16-17-9-10-20(31-2)21(15-17)32-3/h5-10,15H,4,11-14,16H2,1-3H3,(H,25,28). The molecule has 2 aromatic carbocycles. The van der Waals surface area contributed by atoms with Crippen molar-refractivity contribution in [3.63, 3.8) is 0 Å². The molecule has 1 N–H and O–H groups in total. The number of amides is 3. The summed E-state index contributed by atoms with van der Waals surface area (Å²) in [5.74, 6) is 0.677. The van der Waals surface area contributed by atoms with E-state index in [0.717, 1.165) is 5.56 Å². The highest BCUT2D eigenvalue weighted by molar-refractivity contribution is 6.04. The molecule has 1 fully saturated rings. The van der Waals surface area contributed by atoms with Crippen molar-refractivity contribution in [1.82, 2.24) is 9.80 Å². The Balaban J connectivity index is 1.65. The fraction of sp³-hybridized carbons (Fsp3) is 0.375. The zero-order valence-electron chi connectivity index (χ0n) is 19.1. The van der Waals surface area contributed by atoms with Crippen LogP contribution in [-0.2, 0) is 16.0 Å². The normalized spacial score (nSPS) is 13.3. The topological polar surface area (TPSA) is 97.4 Å². The third kappa shape index (κ3) is 5.94. The molecule has 0 unspecified atom stereocenters. The molecule has 2 aromatic rings. The minimum absolute atomic E-state index is 0.112. The summed E-state index contributed by atoms with van der Waals surface area (Å²) in [7, 11) is 3.09. The third-order valence-corrected chi connectivity index (χ3v) is 5.34. The van der Waals surface area contributed by atoms with Gasteiger partial charge in [-0.1, -0.05) is 18.2 Å². The minimum Gasteiger partial charge on any atom is -0.493 e. The van der Waals surface area contributed by atoms with E-state index in [1.807, 2.05) is 0 Å². The summed E-state index contributed by atoms with van der Waals surface area (Å²) in [6.07, 6.45) is -0.256. The molecule has 1 aliphatic rings. The van der Waals surface area contributed by atoms with Crippen molar-refractivity contribution in [3.05, 3.63) is 53.6 Å². The molecule has 0 spiro atoms. The molecule has 0 radical (unpaired) electrons. The van der Waals surface area contributed by atoms with Gasteiger partial charge in [0.25, 0.3) is 5.91 Å². The van der Waals surface area contributed by atoms with Gasteiger partial charge >= 0.3 is 6.09 Å². The summed E-state index contributed by atoms with van der Waals surface area (Å²) >= 11 is 0. The van der Waals surface area contributed by atoms with Gasteiger partial charge < -0.3 is 29.3 Å². The number of piperazine rings is 1. The van der Waals surface area contributed by atoms with E-state index in [1.54, 1.807) is 66.3 Å². The van der Waals surface area contributed by atoms with Crippen molar-refractivity contribution >= 4 is 23.6 Å². The number of ether oxygens (including phenoxy) is 3. The molecule has 0 aliphatic carbocycles. The first kappa shape index (κ1) is 23.9. The first-order chi connectivity index (χ1) is 16.0. The lowest BCUT2D eigenvalue weighted by Crippen LogP contribution is -2.50. The Labute approximate surface area is 193 Å². The van der Waals surface area contributed by atoms with Crippen LogP contribution in [0.15, 0.2) is 42.5 Å². The van der Waals surface area contributed by atoms with Crippen LogP contribution >= 0.6 is 0 Å². The molecule has 3 rings (SSSR count). The first-order valence-electron chi connectivity index (χ1n) is 10.8. The molecular formula is C24H29N3O6. The van der Waals surface area contributed by atoms with Gasteiger partial charge in [0, 0.05) is 26.2 Å². The average molecular weight is 456 g/mol. The second kappa shape index (κ2) is 11.2. The molecule has 0 bridgehead atoms. The van der Waals surface area contributed by atoms with Crippen molar-refractivity contribution < 1.29 is 28.6 Å². The van der Waals surface area contributed by atoms with Crippen molar-refractivity contribution in [3.8, 4) is 11.5 Å². The van der Waals surface area contributed by atoms with E-state index in [0.29, 0.717) is 55.5 Å². The van der Waals surface area contributed by atoms with E-state index in [9.17, 15) is 14.4 Å². The van der Waals surface area contributed by atoms with Gasteiger partial charge in [-0.05, 0) is 36.8 Å². The predicted molar refractivity (Wildman–Crippen MR) is 123 cm³/mol. The molecule has 1 saturated heterocycles. The van der Waals surface area contributed by atoms with Crippen LogP contribution in [0.2, 0.25) is 0 Å². The van der Waals surface area contributed by atoms with E-state index in [1.165, 1.54) is 7.11 Å². The van der Waals surface area contributed by atoms with Crippen LogP contribution in [0.4, 0.5) is 10.5 Å². The highest BCUT2D eigenvalue weighted by atomic mass is 16.6. The maximum atomic E-state index is 13.1. The number of hydrogen-bond acceptors (Lipinski definition) is 6. The monoisotopic (exact) mass is 455 g/mol. The van der Waals surface area contributed by atoms with E-state index in [4.69, 9.17) is 14.2 Å². The number of nitrogens with one attached hydrogen (secondary N) is 1. The molecule has 1 aliphatic heterocycles. The van der Waals surface area contributed by atoms with Gasteiger partial charge in [0.1, 0.15) is 0 Å². The number of rotatable bonds is 7. The molecule has 3 amide bonds. The maximum Gasteiger partial charge on any atom is 0.409 e. The summed E-state index contributed by atoms with van der Waals surface area (Å²) in [6.45, 7) is 3.66. The molecule has 9 nitrogen and oxygen atoms in total. The van der Waals surface area contributed by atoms with Crippen LogP contribution < -0.4 is 14.8 Å². The quantitative estimate of drug-likeness (QED) is 0.690. The molecule has 0 atom stereocenters. The Bertz CT molecular complexity index is 1000. The SMILES string of the molecule is CCOC(=O)N1CCN(C(=O)c2ccccc2NC(=O)Cc2ccc(OC)c(OC)c2)CC1. The van der Waals surface area contributed by atoms with E-state index in [-0.39, 0.29) is 24.3 Å². The second-order valence-corrected chi connectivity index (χ2v) is 7.44. The Morgan fingerprint density at radius 2 is 1.58 bits per heavy atom. The molecule has 0 aromatic heterocycles. The Kier molecular flexibility index (Phi) is 8.12. The molecule has 9 heteroatoms. The molecule has 33 heavy (non-hydrogen) atoms. The van der Waals surface area contributed by atoms with E-state index >= 15 is 0 Å². The van der Waals surface area contributed by atoms with Crippen LogP contribution in [0.1, 0.15) is 22.8 Å². The van der Waals surface area contributed by atoms with Crippen LogP contribution in [0.25, 0.3) is 0 Å². The summed E-state index contributed by atoms with van der Waals surface area (Å²) in [5, 5.41) is 2.85. The minimum atomic E-state index is -0.368. The number of methoxy groups -OCH3 is 2. The second-order valence-electron chi connectivity index (χ2n) is 7.44. The summed E-state index contributed by atoms with van der Waals surface area (Å²) in [6, 6.07) is 12.2. The van der Waals surface area contributed by atoms with Gasteiger partial charge in [-0.15, -0.1) is 0 Å². The summed E-state index contributed by atoms with van der Waals surface area (Å²) in [5.41, 5.74) is 1.60. The van der Waals surface area contributed by atoms with Gasteiger partial charge in [-0.25, -0.2) is 4.79 Å². The van der Waals surface area contributed by atoms with Gasteiger partial charge in [0.15, 0.2) is 11.5 Å². The van der Waals surface area contributed by atoms with E-state index in [2.05, 4.69) is 5.32 Å². The van der Waals surface area contributed by atoms with Crippen LogP contribution in [0.5, 0.6) is 11.5 Å². The lowest BCUT2D eigenvalue weighted by molar-refractivity contribution is -0.115. The number of anilines is 1. The predicted octanol–water partition coefficient (Wildman–Crippen LogP) is 2.80. The fourth-order valence-corrected chi connectivity index (χ4v) is 3.63. The number of para-hydroxylation sites is 1. The molecule has 1 heterocycles. The third-order valence-electron chi connectivity index (χ3n) is 5.34. The van der Waals surface area contributed by atoms with Crippen LogP contribution in [0, 0.1) is 0 Å². The summed E-state index contributed by atoms with van der Waals surface area (Å²) < 4.78 is 15.5.